The SMILES string of the molecule is C=CC[NH+](CC(=O)Nc1c(CC)cccc1CC)Cc1ccc(Cl)s1. The second-order valence-electron chi connectivity index (χ2n) is 6.01. The maximum atomic E-state index is 12.6. The van der Waals surface area contributed by atoms with Crippen molar-refractivity contribution in [2.45, 2.75) is 33.2 Å². The van der Waals surface area contributed by atoms with E-state index in [0.717, 1.165) is 40.9 Å². The van der Waals surface area contributed by atoms with Crippen LogP contribution in [0.15, 0.2) is 43.0 Å². The largest absolute Gasteiger partial charge is 0.321 e. The van der Waals surface area contributed by atoms with Gasteiger partial charge in [-0.2, -0.15) is 0 Å². The van der Waals surface area contributed by atoms with Gasteiger partial charge in [0.2, 0.25) is 0 Å². The Morgan fingerprint density at radius 2 is 1.92 bits per heavy atom. The van der Waals surface area contributed by atoms with Crippen LogP contribution in [0.3, 0.4) is 0 Å². The van der Waals surface area contributed by atoms with Crippen molar-refractivity contribution < 1.29 is 9.69 Å². The van der Waals surface area contributed by atoms with E-state index in [2.05, 4.69) is 43.9 Å². The average molecular weight is 378 g/mol. The second kappa shape index (κ2) is 9.76. The molecule has 1 aromatic carbocycles. The van der Waals surface area contributed by atoms with Crippen LogP contribution in [-0.4, -0.2) is 19.0 Å². The van der Waals surface area contributed by atoms with Gasteiger partial charge in [-0.05, 0) is 42.2 Å². The van der Waals surface area contributed by atoms with Crippen LogP contribution in [0.25, 0.3) is 0 Å². The van der Waals surface area contributed by atoms with E-state index in [0.29, 0.717) is 6.54 Å². The predicted octanol–water partition coefficient (Wildman–Crippen LogP) is 3.74. The van der Waals surface area contributed by atoms with Crippen molar-refractivity contribution in [1.29, 1.82) is 0 Å². The van der Waals surface area contributed by atoms with Crippen molar-refractivity contribution in [3.8, 4) is 0 Å². The molecule has 0 saturated heterocycles. The first kappa shape index (κ1) is 19.7. The molecular formula is C20H26ClN2OS+. The number of rotatable bonds is 9. The van der Waals surface area contributed by atoms with Gasteiger partial charge in [-0.25, -0.2) is 0 Å². The Balaban J connectivity index is 2.07. The summed E-state index contributed by atoms with van der Waals surface area (Å²) in [5, 5.41) is 3.14. The lowest BCUT2D eigenvalue weighted by molar-refractivity contribution is -0.899. The summed E-state index contributed by atoms with van der Waals surface area (Å²) in [6, 6.07) is 10.1. The highest BCUT2D eigenvalue weighted by atomic mass is 35.5. The summed E-state index contributed by atoms with van der Waals surface area (Å²) in [6.07, 6.45) is 3.66. The smallest absolute Gasteiger partial charge is 0.279 e. The van der Waals surface area contributed by atoms with Crippen LogP contribution >= 0.6 is 22.9 Å². The van der Waals surface area contributed by atoms with Gasteiger partial charge in [0.25, 0.3) is 5.91 Å². The van der Waals surface area contributed by atoms with Gasteiger partial charge in [-0.3, -0.25) is 4.79 Å². The molecule has 0 radical (unpaired) electrons. The molecule has 5 heteroatoms. The van der Waals surface area contributed by atoms with E-state index >= 15 is 0 Å². The van der Waals surface area contributed by atoms with Gasteiger partial charge in [0.05, 0.1) is 15.8 Å². The number of carbonyl (C=O) groups excluding carboxylic acids is 1. The molecule has 1 amide bonds. The van der Waals surface area contributed by atoms with E-state index in [1.165, 1.54) is 16.0 Å². The number of hydrogen-bond acceptors (Lipinski definition) is 2. The zero-order valence-electron chi connectivity index (χ0n) is 14.9. The number of benzene rings is 1. The molecular weight excluding hydrogens is 352 g/mol. The molecule has 0 saturated carbocycles. The molecule has 25 heavy (non-hydrogen) atoms. The fourth-order valence-corrected chi connectivity index (χ4v) is 4.08. The fraction of sp³-hybridized carbons (Fsp3) is 0.350. The van der Waals surface area contributed by atoms with E-state index in [-0.39, 0.29) is 5.91 Å². The van der Waals surface area contributed by atoms with Crippen LogP contribution in [0.2, 0.25) is 4.34 Å². The molecule has 0 aliphatic heterocycles. The topological polar surface area (TPSA) is 33.5 Å². The molecule has 1 aromatic heterocycles. The van der Waals surface area contributed by atoms with Gasteiger partial charge < -0.3 is 10.2 Å². The number of para-hydroxylation sites is 1. The molecule has 0 fully saturated rings. The third-order valence-corrected chi connectivity index (χ3v) is 5.39. The summed E-state index contributed by atoms with van der Waals surface area (Å²) in [5.74, 6) is 0.0371. The van der Waals surface area contributed by atoms with E-state index in [4.69, 9.17) is 11.6 Å². The van der Waals surface area contributed by atoms with Crippen molar-refractivity contribution in [3.63, 3.8) is 0 Å². The zero-order chi connectivity index (χ0) is 18.2. The maximum absolute atomic E-state index is 12.6. The Bertz CT molecular complexity index is 704. The number of halogens is 1. The molecule has 1 heterocycles. The molecule has 1 unspecified atom stereocenters. The Morgan fingerprint density at radius 3 is 2.44 bits per heavy atom. The number of quaternary nitrogens is 1. The predicted molar refractivity (Wildman–Crippen MR) is 108 cm³/mol. The fourth-order valence-electron chi connectivity index (χ4n) is 2.92. The minimum Gasteiger partial charge on any atom is -0.321 e. The lowest BCUT2D eigenvalue weighted by atomic mass is 10.0. The zero-order valence-corrected chi connectivity index (χ0v) is 16.5. The summed E-state index contributed by atoms with van der Waals surface area (Å²) in [7, 11) is 0. The first-order valence-corrected chi connectivity index (χ1v) is 9.86. The molecule has 134 valence electrons. The third kappa shape index (κ3) is 5.70. The van der Waals surface area contributed by atoms with E-state index in [9.17, 15) is 4.79 Å². The summed E-state index contributed by atoms with van der Waals surface area (Å²) in [6.45, 7) is 9.95. The van der Waals surface area contributed by atoms with Crippen LogP contribution in [-0.2, 0) is 24.2 Å². The highest BCUT2D eigenvalue weighted by Crippen LogP contribution is 2.22. The number of carbonyl (C=O) groups is 1. The van der Waals surface area contributed by atoms with Gasteiger partial charge in [-0.15, -0.1) is 11.3 Å². The van der Waals surface area contributed by atoms with Gasteiger partial charge >= 0.3 is 0 Å². The summed E-state index contributed by atoms with van der Waals surface area (Å²) >= 11 is 7.57. The van der Waals surface area contributed by atoms with Gasteiger partial charge in [-0.1, -0.05) is 50.2 Å². The number of aryl methyl sites for hydroxylation is 2. The maximum Gasteiger partial charge on any atom is 0.279 e. The van der Waals surface area contributed by atoms with E-state index in [1.807, 2.05) is 18.2 Å². The normalized spacial score (nSPS) is 12.0. The van der Waals surface area contributed by atoms with Crippen LogP contribution in [0.1, 0.15) is 29.9 Å². The third-order valence-electron chi connectivity index (χ3n) is 4.16. The monoisotopic (exact) mass is 377 g/mol. The van der Waals surface area contributed by atoms with Gasteiger partial charge in [0.15, 0.2) is 6.54 Å². The summed E-state index contributed by atoms with van der Waals surface area (Å²) in [5.41, 5.74) is 3.35. The Morgan fingerprint density at radius 1 is 1.24 bits per heavy atom. The lowest BCUT2D eigenvalue weighted by Crippen LogP contribution is -3.11. The van der Waals surface area contributed by atoms with Crippen LogP contribution < -0.4 is 10.2 Å². The quantitative estimate of drug-likeness (QED) is 0.641. The molecule has 1 atom stereocenters. The minimum atomic E-state index is 0.0371. The first-order chi connectivity index (χ1) is 12.1. The Hall–Kier alpha value is -1.62. The Labute approximate surface area is 159 Å². The Kier molecular flexibility index (Phi) is 7.69. The number of hydrogen-bond donors (Lipinski definition) is 2. The molecule has 0 spiro atoms. The first-order valence-electron chi connectivity index (χ1n) is 8.66. The van der Waals surface area contributed by atoms with Crippen molar-refractivity contribution in [3.05, 3.63) is 63.3 Å². The summed E-state index contributed by atoms with van der Waals surface area (Å²) in [4.78, 5) is 15.0. The minimum absolute atomic E-state index is 0.0371. The van der Waals surface area contributed by atoms with E-state index in [1.54, 1.807) is 11.3 Å². The van der Waals surface area contributed by atoms with Crippen molar-refractivity contribution >= 4 is 34.5 Å². The van der Waals surface area contributed by atoms with Crippen LogP contribution in [0.5, 0.6) is 0 Å². The standard InChI is InChI=1S/C20H25ClN2OS/c1-4-12-23(13-17-10-11-18(21)25-17)14-19(24)22-20-15(5-2)8-7-9-16(20)6-3/h4,7-11H,1,5-6,12-14H2,2-3H3,(H,22,24)/p+1. The molecule has 2 aromatic rings. The molecule has 0 aliphatic carbocycles. The van der Waals surface area contributed by atoms with E-state index < -0.39 is 0 Å². The van der Waals surface area contributed by atoms with Crippen LogP contribution in [0, 0.1) is 0 Å². The number of nitrogens with one attached hydrogen (secondary N) is 2. The van der Waals surface area contributed by atoms with Crippen LogP contribution in [0.4, 0.5) is 5.69 Å². The highest BCUT2D eigenvalue weighted by Gasteiger charge is 2.17. The van der Waals surface area contributed by atoms with Crippen molar-refractivity contribution in [2.75, 3.05) is 18.4 Å². The van der Waals surface area contributed by atoms with Crippen molar-refractivity contribution in [2.24, 2.45) is 0 Å². The van der Waals surface area contributed by atoms with Gasteiger partial charge in [0.1, 0.15) is 6.54 Å². The van der Waals surface area contributed by atoms with Crippen molar-refractivity contribution in [1.82, 2.24) is 0 Å². The second-order valence-corrected chi connectivity index (χ2v) is 7.81. The average Bonchev–Trinajstić information content (AvgIpc) is 3.00. The molecule has 3 nitrogen and oxygen atoms in total. The molecule has 2 rings (SSSR count). The number of thiophene rings is 1. The molecule has 2 N–H and O–H groups in total. The van der Waals surface area contributed by atoms with Gasteiger partial charge in [0, 0.05) is 5.69 Å². The number of anilines is 1. The highest BCUT2D eigenvalue weighted by molar-refractivity contribution is 7.16. The summed E-state index contributed by atoms with van der Waals surface area (Å²) < 4.78 is 0.780. The molecule has 0 aliphatic rings. The lowest BCUT2D eigenvalue weighted by Gasteiger charge is -2.19. The molecule has 0 bridgehead atoms. The number of amides is 1.